The van der Waals surface area contributed by atoms with Crippen molar-refractivity contribution < 1.29 is 8.42 Å². The molecule has 0 fully saturated rings. The Morgan fingerprint density at radius 1 is 1.38 bits per heavy atom. The van der Waals surface area contributed by atoms with Crippen molar-refractivity contribution in [3.63, 3.8) is 0 Å². The lowest BCUT2D eigenvalue weighted by Crippen LogP contribution is -2.25. The Hall–Kier alpha value is -0.900. The molecule has 0 saturated heterocycles. The lowest BCUT2D eigenvalue weighted by atomic mass is 10.3. The standard InChI is InChI=1S/C10H11BrN2O2S/c11-9-5-1-2-6-10(9)16(14,15)13-8-4-3-7-12/h1-2,5-6,13H,3-4,8H2. The smallest absolute Gasteiger partial charge is 0.211 e. The number of halogens is 1. The van der Waals surface area contributed by atoms with E-state index in [0.29, 0.717) is 17.3 Å². The number of rotatable bonds is 5. The molecular weight excluding hydrogens is 292 g/mol. The molecule has 1 rings (SSSR count). The predicted octanol–water partition coefficient (Wildman–Crippen LogP) is 2.03. The summed E-state index contributed by atoms with van der Waals surface area (Å²) in [5, 5.41) is 8.32. The molecule has 4 nitrogen and oxygen atoms in total. The Kier molecular flexibility index (Phi) is 4.93. The molecule has 0 unspecified atom stereocenters. The molecule has 1 aromatic rings. The highest BCUT2D eigenvalue weighted by Gasteiger charge is 2.15. The first kappa shape index (κ1) is 13.2. The van der Waals surface area contributed by atoms with E-state index in [0.717, 1.165) is 0 Å². The van der Waals surface area contributed by atoms with Crippen LogP contribution in [-0.2, 0) is 10.0 Å². The first-order chi connectivity index (χ1) is 7.58. The molecule has 0 atom stereocenters. The van der Waals surface area contributed by atoms with Crippen LogP contribution in [0.1, 0.15) is 12.8 Å². The van der Waals surface area contributed by atoms with Gasteiger partial charge in [0.2, 0.25) is 10.0 Å². The fourth-order valence-electron chi connectivity index (χ4n) is 1.11. The lowest BCUT2D eigenvalue weighted by Gasteiger charge is -2.07. The summed E-state index contributed by atoms with van der Waals surface area (Å²) in [5.41, 5.74) is 0. The molecule has 0 saturated carbocycles. The van der Waals surface area contributed by atoms with Crippen molar-refractivity contribution >= 4 is 26.0 Å². The van der Waals surface area contributed by atoms with Gasteiger partial charge in [0.15, 0.2) is 0 Å². The van der Waals surface area contributed by atoms with Gasteiger partial charge in [0.05, 0.1) is 11.0 Å². The highest BCUT2D eigenvalue weighted by Crippen LogP contribution is 2.20. The van der Waals surface area contributed by atoms with Crippen LogP contribution in [0, 0.1) is 11.3 Å². The van der Waals surface area contributed by atoms with Crippen molar-refractivity contribution in [2.75, 3.05) is 6.54 Å². The molecule has 0 amide bonds. The van der Waals surface area contributed by atoms with Crippen molar-refractivity contribution in [3.8, 4) is 6.07 Å². The minimum absolute atomic E-state index is 0.215. The van der Waals surface area contributed by atoms with Crippen molar-refractivity contribution in [1.82, 2.24) is 4.72 Å². The Morgan fingerprint density at radius 2 is 2.06 bits per heavy atom. The lowest BCUT2D eigenvalue weighted by molar-refractivity contribution is 0.579. The monoisotopic (exact) mass is 302 g/mol. The van der Waals surface area contributed by atoms with E-state index >= 15 is 0 Å². The molecule has 0 aliphatic rings. The Balaban J connectivity index is 2.72. The molecule has 1 N–H and O–H groups in total. The highest BCUT2D eigenvalue weighted by atomic mass is 79.9. The number of unbranched alkanes of at least 4 members (excludes halogenated alkanes) is 1. The van der Waals surface area contributed by atoms with Crippen LogP contribution >= 0.6 is 15.9 Å². The summed E-state index contributed by atoms with van der Waals surface area (Å²) in [6.45, 7) is 0.275. The third kappa shape index (κ3) is 3.59. The maximum absolute atomic E-state index is 11.8. The van der Waals surface area contributed by atoms with E-state index < -0.39 is 10.0 Å². The van der Waals surface area contributed by atoms with Gasteiger partial charge in [0.1, 0.15) is 0 Å². The number of hydrogen-bond donors (Lipinski definition) is 1. The Morgan fingerprint density at radius 3 is 2.69 bits per heavy atom. The van der Waals surface area contributed by atoms with Crippen molar-refractivity contribution in [2.45, 2.75) is 17.7 Å². The van der Waals surface area contributed by atoms with E-state index in [-0.39, 0.29) is 11.4 Å². The summed E-state index contributed by atoms with van der Waals surface area (Å²) in [7, 11) is -3.48. The summed E-state index contributed by atoms with van der Waals surface area (Å²) in [6, 6.07) is 8.57. The highest BCUT2D eigenvalue weighted by molar-refractivity contribution is 9.10. The van der Waals surface area contributed by atoms with E-state index in [2.05, 4.69) is 20.7 Å². The van der Waals surface area contributed by atoms with Gasteiger partial charge in [-0.3, -0.25) is 0 Å². The average Bonchev–Trinajstić information content (AvgIpc) is 2.25. The van der Waals surface area contributed by atoms with E-state index in [1.54, 1.807) is 18.2 Å². The van der Waals surface area contributed by atoms with Crippen LogP contribution in [0.5, 0.6) is 0 Å². The first-order valence-electron chi connectivity index (χ1n) is 4.69. The first-order valence-corrected chi connectivity index (χ1v) is 6.96. The molecule has 0 spiro atoms. The van der Waals surface area contributed by atoms with Gasteiger partial charge < -0.3 is 0 Å². The molecule has 0 heterocycles. The van der Waals surface area contributed by atoms with Gasteiger partial charge in [-0.2, -0.15) is 5.26 Å². The van der Waals surface area contributed by atoms with E-state index in [9.17, 15) is 8.42 Å². The van der Waals surface area contributed by atoms with Gasteiger partial charge in [0.25, 0.3) is 0 Å². The summed E-state index contributed by atoms with van der Waals surface area (Å²) >= 11 is 3.18. The minimum Gasteiger partial charge on any atom is -0.211 e. The minimum atomic E-state index is -3.48. The van der Waals surface area contributed by atoms with E-state index in [4.69, 9.17) is 5.26 Å². The molecule has 1 aromatic carbocycles. The molecule has 0 aliphatic heterocycles. The van der Waals surface area contributed by atoms with Crippen LogP contribution in [0.4, 0.5) is 0 Å². The number of benzene rings is 1. The predicted molar refractivity (Wildman–Crippen MR) is 64.2 cm³/mol. The molecule has 0 bridgehead atoms. The fraction of sp³-hybridized carbons (Fsp3) is 0.300. The second-order valence-corrected chi connectivity index (χ2v) is 5.68. The van der Waals surface area contributed by atoms with E-state index in [1.165, 1.54) is 6.07 Å². The van der Waals surface area contributed by atoms with Gasteiger partial charge in [-0.15, -0.1) is 0 Å². The van der Waals surface area contributed by atoms with Crippen molar-refractivity contribution in [3.05, 3.63) is 28.7 Å². The Labute approximate surface area is 103 Å². The largest absolute Gasteiger partial charge is 0.241 e. The molecule has 0 radical (unpaired) electrons. The van der Waals surface area contributed by atoms with Crippen LogP contribution in [-0.4, -0.2) is 15.0 Å². The van der Waals surface area contributed by atoms with Gasteiger partial charge in [0, 0.05) is 17.4 Å². The van der Waals surface area contributed by atoms with Gasteiger partial charge in [-0.05, 0) is 34.5 Å². The fourth-order valence-corrected chi connectivity index (χ4v) is 3.19. The maximum Gasteiger partial charge on any atom is 0.241 e. The van der Waals surface area contributed by atoms with Gasteiger partial charge >= 0.3 is 0 Å². The van der Waals surface area contributed by atoms with Crippen LogP contribution in [0.2, 0.25) is 0 Å². The summed E-state index contributed by atoms with van der Waals surface area (Å²) in [4.78, 5) is 0.215. The molecule has 86 valence electrons. The second kappa shape index (κ2) is 5.99. The summed E-state index contributed by atoms with van der Waals surface area (Å²) in [6.07, 6.45) is 0.860. The number of hydrogen-bond acceptors (Lipinski definition) is 3. The number of sulfonamides is 1. The van der Waals surface area contributed by atoms with Crippen LogP contribution < -0.4 is 4.72 Å². The van der Waals surface area contributed by atoms with Crippen molar-refractivity contribution in [1.29, 1.82) is 5.26 Å². The maximum atomic E-state index is 11.8. The summed E-state index contributed by atoms with van der Waals surface area (Å²) < 4.78 is 26.6. The quantitative estimate of drug-likeness (QED) is 0.846. The van der Waals surface area contributed by atoms with Crippen molar-refractivity contribution in [2.24, 2.45) is 0 Å². The number of nitrogens with one attached hydrogen (secondary N) is 1. The SMILES string of the molecule is N#CCCCNS(=O)(=O)c1ccccc1Br. The average molecular weight is 303 g/mol. The molecule has 6 heteroatoms. The van der Waals surface area contributed by atoms with Gasteiger partial charge in [-0.25, -0.2) is 13.1 Å². The van der Waals surface area contributed by atoms with Crippen LogP contribution in [0.15, 0.2) is 33.6 Å². The van der Waals surface area contributed by atoms with E-state index in [1.807, 2.05) is 6.07 Å². The second-order valence-electron chi connectivity index (χ2n) is 3.09. The molecule has 0 aliphatic carbocycles. The molecular formula is C10H11BrN2O2S. The zero-order valence-corrected chi connectivity index (χ0v) is 10.9. The van der Waals surface area contributed by atoms with Crippen LogP contribution in [0.3, 0.4) is 0 Å². The topological polar surface area (TPSA) is 70.0 Å². The van der Waals surface area contributed by atoms with Gasteiger partial charge in [-0.1, -0.05) is 12.1 Å². The zero-order chi connectivity index (χ0) is 12.0. The normalized spacial score (nSPS) is 11.0. The molecule has 0 aromatic heterocycles. The zero-order valence-electron chi connectivity index (χ0n) is 8.48. The van der Waals surface area contributed by atoms with Crippen LogP contribution in [0.25, 0.3) is 0 Å². The molecule has 16 heavy (non-hydrogen) atoms. The third-order valence-electron chi connectivity index (χ3n) is 1.88. The number of nitrogens with zero attached hydrogens (tertiary/aromatic N) is 1. The number of nitriles is 1. The summed E-state index contributed by atoms with van der Waals surface area (Å²) in [5.74, 6) is 0. The Bertz CT molecular complexity index is 494. The third-order valence-corrected chi connectivity index (χ3v) is 4.36.